The lowest BCUT2D eigenvalue weighted by atomic mass is 9.99. The van der Waals surface area contributed by atoms with E-state index in [9.17, 15) is 0 Å². The van der Waals surface area contributed by atoms with Gasteiger partial charge < -0.3 is 5.73 Å². The van der Waals surface area contributed by atoms with E-state index in [1.54, 1.807) is 12.4 Å². The molecule has 0 saturated heterocycles. The molecule has 0 bridgehead atoms. The monoisotopic (exact) mass is 276 g/mol. The van der Waals surface area contributed by atoms with E-state index in [1.165, 1.54) is 5.56 Å². The first-order valence-corrected chi connectivity index (χ1v) is 5.89. The van der Waals surface area contributed by atoms with Crippen LogP contribution in [0.3, 0.4) is 0 Å². The van der Waals surface area contributed by atoms with Gasteiger partial charge in [0.05, 0.1) is 6.04 Å². The van der Waals surface area contributed by atoms with E-state index in [2.05, 4.69) is 33.9 Å². The highest BCUT2D eigenvalue weighted by Crippen LogP contribution is 2.23. The Hall–Kier alpha value is -1.19. The summed E-state index contributed by atoms with van der Waals surface area (Å²) in [5, 5.41) is 0. The standard InChI is InChI=1S/C13H13BrN2/c1-9-8-11(2-3-12(9)14)13(15)10-4-6-16-7-5-10/h2-8,13H,15H2,1H3. The van der Waals surface area contributed by atoms with Crippen LogP contribution in [0, 0.1) is 6.92 Å². The average Bonchev–Trinajstić information content (AvgIpc) is 2.33. The Morgan fingerprint density at radius 3 is 2.44 bits per heavy atom. The van der Waals surface area contributed by atoms with Gasteiger partial charge in [-0.3, -0.25) is 4.98 Å². The number of nitrogens with zero attached hydrogens (tertiary/aromatic N) is 1. The lowest BCUT2D eigenvalue weighted by Crippen LogP contribution is -2.11. The molecule has 1 heterocycles. The first-order chi connectivity index (χ1) is 7.68. The third-order valence-corrected chi connectivity index (χ3v) is 3.50. The molecule has 0 aliphatic rings. The molecule has 82 valence electrons. The average molecular weight is 277 g/mol. The molecule has 0 radical (unpaired) electrons. The first kappa shape index (κ1) is 11.3. The minimum absolute atomic E-state index is 0.0881. The van der Waals surface area contributed by atoms with Crippen LogP contribution in [0.15, 0.2) is 47.2 Å². The summed E-state index contributed by atoms with van der Waals surface area (Å²) in [6.07, 6.45) is 3.53. The van der Waals surface area contributed by atoms with Gasteiger partial charge in [-0.2, -0.15) is 0 Å². The number of hydrogen-bond acceptors (Lipinski definition) is 2. The number of pyridine rings is 1. The lowest BCUT2D eigenvalue weighted by Gasteiger charge is -2.13. The molecule has 1 aromatic heterocycles. The van der Waals surface area contributed by atoms with Crippen LogP contribution in [0.25, 0.3) is 0 Å². The molecule has 2 N–H and O–H groups in total. The van der Waals surface area contributed by atoms with E-state index in [0.29, 0.717) is 0 Å². The molecule has 0 aliphatic heterocycles. The summed E-state index contributed by atoms with van der Waals surface area (Å²) in [6, 6.07) is 9.99. The summed E-state index contributed by atoms with van der Waals surface area (Å²) < 4.78 is 1.11. The van der Waals surface area contributed by atoms with E-state index in [1.807, 2.05) is 24.3 Å². The fourth-order valence-electron chi connectivity index (χ4n) is 1.62. The summed E-state index contributed by atoms with van der Waals surface area (Å²) in [4.78, 5) is 3.99. The van der Waals surface area contributed by atoms with Crippen molar-refractivity contribution in [1.29, 1.82) is 0 Å². The largest absolute Gasteiger partial charge is 0.320 e. The molecule has 1 unspecified atom stereocenters. The molecule has 2 aromatic rings. The smallest absolute Gasteiger partial charge is 0.0552 e. The van der Waals surface area contributed by atoms with Crippen LogP contribution in [0.2, 0.25) is 0 Å². The summed E-state index contributed by atoms with van der Waals surface area (Å²) >= 11 is 3.48. The van der Waals surface area contributed by atoms with Crippen LogP contribution >= 0.6 is 15.9 Å². The molecule has 2 nitrogen and oxygen atoms in total. The van der Waals surface area contributed by atoms with Crippen LogP contribution < -0.4 is 5.73 Å². The Balaban J connectivity index is 2.34. The molecule has 0 fully saturated rings. The summed E-state index contributed by atoms with van der Waals surface area (Å²) in [5.41, 5.74) is 9.59. The summed E-state index contributed by atoms with van der Waals surface area (Å²) in [5.74, 6) is 0. The summed E-state index contributed by atoms with van der Waals surface area (Å²) in [7, 11) is 0. The van der Waals surface area contributed by atoms with Gasteiger partial charge in [-0.15, -0.1) is 0 Å². The zero-order valence-electron chi connectivity index (χ0n) is 9.02. The molecular formula is C13H13BrN2. The van der Waals surface area contributed by atoms with E-state index < -0.39 is 0 Å². The maximum atomic E-state index is 6.19. The van der Waals surface area contributed by atoms with Gasteiger partial charge in [-0.25, -0.2) is 0 Å². The number of nitrogens with two attached hydrogens (primary N) is 1. The van der Waals surface area contributed by atoms with Crippen molar-refractivity contribution in [2.75, 3.05) is 0 Å². The molecule has 2 rings (SSSR count). The van der Waals surface area contributed by atoms with Crippen LogP contribution in [0.5, 0.6) is 0 Å². The number of rotatable bonds is 2. The van der Waals surface area contributed by atoms with Gasteiger partial charge in [0.15, 0.2) is 0 Å². The first-order valence-electron chi connectivity index (χ1n) is 5.10. The van der Waals surface area contributed by atoms with Crippen LogP contribution in [-0.2, 0) is 0 Å². The van der Waals surface area contributed by atoms with Crippen LogP contribution in [-0.4, -0.2) is 4.98 Å². The second-order valence-electron chi connectivity index (χ2n) is 3.77. The number of hydrogen-bond donors (Lipinski definition) is 1. The molecule has 0 amide bonds. The normalized spacial score (nSPS) is 12.4. The Labute approximate surface area is 104 Å². The third kappa shape index (κ3) is 2.31. The van der Waals surface area contributed by atoms with Crippen LogP contribution in [0.4, 0.5) is 0 Å². The molecule has 0 aliphatic carbocycles. The number of benzene rings is 1. The Bertz CT molecular complexity index is 483. The maximum Gasteiger partial charge on any atom is 0.0552 e. The molecule has 0 spiro atoms. The fraction of sp³-hybridized carbons (Fsp3) is 0.154. The van der Waals surface area contributed by atoms with Crippen molar-refractivity contribution in [2.45, 2.75) is 13.0 Å². The molecule has 0 saturated carbocycles. The maximum absolute atomic E-state index is 6.19. The van der Waals surface area contributed by atoms with Gasteiger partial charge in [0, 0.05) is 16.9 Å². The summed E-state index contributed by atoms with van der Waals surface area (Å²) in [6.45, 7) is 2.06. The highest BCUT2D eigenvalue weighted by atomic mass is 79.9. The third-order valence-electron chi connectivity index (χ3n) is 2.61. The van der Waals surface area contributed by atoms with Crippen molar-refractivity contribution in [2.24, 2.45) is 5.73 Å². The molecular weight excluding hydrogens is 264 g/mol. The lowest BCUT2D eigenvalue weighted by molar-refractivity contribution is 0.865. The fourth-order valence-corrected chi connectivity index (χ4v) is 1.87. The minimum atomic E-state index is -0.0881. The van der Waals surface area contributed by atoms with E-state index in [0.717, 1.165) is 15.6 Å². The van der Waals surface area contributed by atoms with Crippen LogP contribution in [0.1, 0.15) is 22.7 Å². The van der Waals surface area contributed by atoms with Crippen molar-refractivity contribution < 1.29 is 0 Å². The Morgan fingerprint density at radius 1 is 1.12 bits per heavy atom. The van der Waals surface area contributed by atoms with Crippen molar-refractivity contribution in [3.8, 4) is 0 Å². The van der Waals surface area contributed by atoms with E-state index >= 15 is 0 Å². The SMILES string of the molecule is Cc1cc(C(N)c2ccncc2)ccc1Br. The molecule has 1 atom stereocenters. The Kier molecular flexibility index (Phi) is 3.36. The number of halogens is 1. The van der Waals surface area contributed by atoms with E-state index in [-0.39, 0.29) is 6.04 Å². The van der Waals surface area contributed by atoms with Crippen molar-refractivity contribution in [3.05, 3.63) is 63.9 Å². The number of aromatic nitrogens is 1. The highest BCUT2D eigenvalue weighted by Gasteiger charge is 2.09. The minimum Gasteiger partial charge on any atom is -0.320 e. The van der Waals surface area contributed by atoms with Crippen molar-refractivity contribution >= 4 is 15.9 Å². The van der Waals surface area contributed by atoms with Gasteiger partial charge in [0.25, 0.3) is 0 Å². The molecule has 3 heteroatoms. The topological polar surface area (TPSA) is 38.9 Å². The van der Waals surface area contributed by atoms with Gasteiger partial charge in [-0.1, -0.05) is 28.1 Å². The quantitative estimate of drug-likeness (QED) is 0.915. The highest BCUT2D eigenvalue weighted by molar-refractivity contribution is 9.10. The molecule has 1 aromatic carbocycles. The van der Waals surface area contributed by atoms with Crippen molar-refractivity contribution in [1.82, 2.24) is 4.98 Å². The molecule has 16 heavy (non-hydrogen) atoms. The number of aryl methyl sites for hydroxylation is 1. The van der Waals surface area contributed by atoms with Gasteiger partial charge in [0.2, 0.25) is 0 Å². The van der Waals surface area contributed by atoms with E-state index in [4.69, 9.17) is 5.73 Å². The second kappa shape index (κ2) is 4.76. The second-order valence-corrected chi connectivity index (χ2v) is 4.62. The van der Waals surface area contributed by atoms with Crippen molar-refractivity contribution in [3.63, 3.8) is 0 Å². The zero-order chi connectivity index (χ0) is 11.5. The predicted molar refractivity (Wildman–Crippen MR) is 69.1 cm³/mol. The Morgan fingerprint density at radius 2 is 1.81 bits per heavy atom. The van der Waals surface area contributed by atoms with Gasteiger partial charge in [-0.05, 0) is 41.8 Å². The van der Waals surface area contributed by atoms with Gasteiger partial charge in [0.1, 0.15) is 0 Å². The predicted octanol–water partition coefficient (Wildman–Crippen LogP) is 3.20. The zero-order valence-corrected chi connectivity index (χ0v) is 10.6. The van der Waals surface area contributed by atoms with Gasteiger partial charge >= 0.3 is 0 Å².